The molecule has 0 saturated heterocycles. The molecule has 0 aromatic heterocycles. The third-order valence-corrected chi connectivity index (χ3v) is 4.89. The van der Waals surface area contributed by atoms with Gasteiger partial charge in [0.1, 0.15) is 0 Å². The third-order valence-electron chi connectivity index (χ3n) is 4.89. The predicted molar refractivity (Wildman–Crippen MR) is 92.5 cm³/mol. The van der Waals surface area contributed by atoms with E-state index in [0.717, 1.165) is 18.2 Å². The first kappa shape index (κ1) is 32.6. The number of rotatable bonds is 11. The second-order valence-corrected chi connectivity index (χ2v) is 7.35. The lowest BCUT2D eigenvalue weighted by Crippen LogP contribution is -2.72. The zero-order valence-corrected chi connectivity index (χ0v) is 18.2. The Morgan fingerprint density at radius 3 is 1.65 bits per heavy atom. The van der Waals surface area contributed by atoms with E-state index in [1.165, 1.54) is 6.92 Å². The fraction of sp³-hybridized carbons (Fsp3) is 0.632. The van der Waals surface area contributed by atoms with Crippen LogP contribution in [0.4, 0.5) is 65.9 Å². The Morgan fingerprint density at radius 1 is 0.757 bits per heavy atom. The lowest BCUT2D eigenvalue weighted by Gasteiger charge is -2.42. The van der Waals surface area contributed by atoms with Crippen molar-refractivity contribution in [3.05, 3.63) is 35.4 Å². The molecule has 1 unspecified atom stereocenters. The summed E-state index contributed by atoms with van der Waals surface area (Å²) in [5.74, 6) is -48.1. The van der Waals surface area contributed by atoms with Gasteiger partial charge < -0.3 is 9.47 Å². The van der Waals surface area contributed by atoms with Crippen molar-refractivity contribution in [1.82, 2.24) is 0 Å². The quantitative estimate of drug-likeness (QED) is 0.205. The van der Waals surface area contributed by atoms with E-state index in [-0.39, 0.29) is 6.61 Å². The highest BCUT2D eigenvalue weighted by molar-refractivity contribution is 5.89. The first-order valence-corrected chi connectivity index (χ1v) is 9.50. The maximum Gasteiger partial charge on any atom is 0.460 e. The van der Waals surface area contributed by atoms with Gasteiger partial charge in [-0.3, -0.25) is 0 Å². The van der Waals surface area contributed by atoms with Gasteiger partial charge in [-0.2, -0.15) is 65.9 Å². The molecule has 0 saturated carbocycles. The van der Waals surface area contributed by atoms with Crippen LogP contribution in [0.15, 0.2) is 24.3 Å². The molecule has 0 aliphatic carbocycles. The first-order chi connectivity index (χ1) is 16.4. The molecule has 0 amide bonds. The Bertz CT molecular complexity index is 956. The van der Waals surface area contributed by atoms with Gasteiger partial charge in [0.05, 0.1) is 18.3 Å². The summed E-state index contributed by atoms with van der Waals surface area (Å²) >= 11 is 0. The van der Waals surface area contributed by atoms with E-state index in [2.05, 4.69) is 9.47 Å². The lowest BCUT2D eigenvalue weighted by atomic mass is 9.88. The molecule has 3 nitrogen and oxygen atoms in total. The maximum absolute atomic E-state index is 14.3. The largest absolute Gasteiger partial charge is 0.462 e. The minimum atomic E-state index is -8.36. The molecule has 18 heteroatoms. The van der Waals surface area contributed by atoms with Crippen molar-refractivity contribution in [3.63, 3.8) is 0 Å². The van der Waals surface area contributed by atoms with Crippen LogP contribution < -0.4 is 0 Å². The highest BCUT2D eigenvalue weighted by Crippen LogP contribution is 2.63. The van der Waals surface area contributed by atoms with Gasteiger partial charge in [-0.05, 0) is 24.6 Å². The second-order valence-electron chi connectivity index (χ2n) is 7.35. The number of alkyl halides is 15. The monoisotopic (exact) mass is 576 g/mol. The minimum Gasteiger partial charge on any atom is -0.462 e. The molecule has 0 aliphatic rings. The van der Waals surface area contributed by atoms with Crippen molar-refractivity contribution in [2.24, 2.45) is 0 Å². The molecule has 0 bridgehead atoms. The number of esters is 1. The SMILES string of the molecule is CCOC(=O)c1cccc(C(CC(F)(F)C(F)(F)C(F)(F)C(F)(F)C(F)(F)C(F)(F)C(F)(F)F)OC)c1. The molecule has 0 spiro atoms. The van der Waals surface area contributed by atoms with Gasteiger partial charge in [0.25, 0.3) is 0 Å². The van der Waals surface area contributed by atoms with E-state index in [1.54, 1.807) is 0 Å². The summed E-state index contributed by atoms with van der Waals surface area (Å²) in [5.41, 5.74) is -1.06. The molecule has 0 aliphatic heterocycles. The van der Waals surface area contributed by atoms with Gasteiger partial charge in [-0.25, -0.2) is 4.79 Å². The fourth-order valence-electron chi connectivity index (χ4n) is 2.78. The van der Waals surface area contributed by atoms with Crippen molar-refractivity contribution in [3.8, 4) is 0 Å². The number of halogens is 15. The van der Waals surface area contributed by atoms with Crippen LogP contribution in [0.2, 0.25) is 0 Å². The fourth-order valence-corrected chi connectivity index (χ4v) is 2.78. The van der Waals surface area contributed by atoms with Gasteiger partial charge in [-0.15, -0.1) is 0 Å². The van der Waals surface area contributed by atoms with E-state index < -0.39 is 71.3 Å². The van der Waals surface area contributed by atoms with Crippen LogP contribution in [0.1, 0.15) is 35.4 Å². The Balaban J connectivity index is 3.50. The Labute approximate surface area is 197 Å². The lowest BCUT2D eigenvalue weighted by molar-refractivity contribution is -0.453. The molecule has 37 heavy (non-hydrogen) atoms. The molecule has 1 aromatic rings. The highest BCUT2D eigenvalue weighted by Gasteiger charge is 2.93. The van der Waals surface area contributed by atoms with Crippen molar-refractivity contribution < 1.29 is 80.1 Å². The van der Waals surface area contributed by atoms with Gasteiger partial charge >= 0.3 is 47.7 Å². The number of ether oxygens (including phenoxy) is 2. The number of carbonyl (C=O) groups excluding carboxylic acids is 1. The van der Waals surface area contributed by atoms with Gasteiger partial charge in [0.2, 0.25) is 0 Å². The standard InChI is InChI=1S/C19H15F15O3/c1-3-37-12(35)10-6-4-5-9(7-10)11(36-2)8-13(20,21)14(22,23)15(24,25)16(26,27)17(28,29)18(30,31)19(32,33)34/h4-7,11H,3,8H2,1-2H3. The number of methoxy groups -OCH3 is 1. The molecule has 0 N–H and O–H groups in total. The van der Waals surface area contributed by atoms with E-state index in [0.29, 0.717) is 13.2 Å². The van der Waals surface area contributed by atoms with Crippen molar-refractivity contribution in [2.75, 3.05) is 13.7 Å². The summed E-state index contributed by atoms with van der Waals surface area (Å²) in [6.07, 6.45) is -12.8. The normalized spacial score (nSPS) is 15.5. The van der Waals surface area contributed by atoms with E-state index in [1.807, 2.05) is 0 Å². The summed E-state index contributed by atoms with van der Waals surface area (Å²) in [6, 6.07) is 3.42. The molecular weight excluding hydrogens is 561 g/mol. The predicted octanol–water partition coefficient (Wildman–Crippen LogP) is 7.32. The summed E-state index contributed by atoms with van der Waals surface area (Å²) in [6.45, 7) is 1.16. The average molecular weight is 576 g/mol. The van der Waals surface area contributed by atoms with Crippen LogP contribution in [0.5, 0.6) is 0 Å². The van der Waals surface area contributed by atoms with E-state index >= 15 is 0 Å². The van der Waals surface area contributed by atoms with Gasteiger partial charge in [0, 0.05) is 13.5 Å². The molecule has 0 fully saturated rings. The van der Waals surface area contributed by atoms with Crippen LogP contribution in [0.25, 0.3) is 0 Å². The van der Waals surface area contributed by atoms with Crippen molar-refractivity contribution in [1.29, 1.82) is 0 Å². The Kier molecular flexibility index (Phi) is 8.87. The van der Waals surface area contributed by atoms with Crippen molar-refractivity contribution >= 4 is 5.97 Å². The summed E-state index contributed by atoms with van der Waals surface area (Å²) in [4.78, 5) is 11.7. The topological polar surface area (TPSA) is 35.5 Å². The minimum absolute atomic E-state index is 0.192. The van der Waals surface area contributed by atoms with Crippen LogP contribution >= 0.6 is 0 Å². The van der Waals surface area contributed by atoms with Crippen LogP contribution in [-0.4, -0.2) is 61.4 Å². The summed E-state index contributed by atoms with van der Waals surface area (Å²) in [7, 11) is 0.515. The Hall–Kier alpha value is -2.40. The smallest absolute Gasteiger partial charge is 0.460 e. The first-order valence-electron chi connectivity index (χ1n) is 9.50. The molecular formula is C19H15F15O3. The van der Waals surface area contributed by atoms with Crippen LogP contribution in [-0.2, 0) is 9.47 Å². The maximum atomic E-state index is 14.3. The zero-order chi connectivity index (χ0) is 29.5. The zero-order valence-electron chi connectivity index (χ0n) is 18.2. The molecule has 0 heterocycles. The van der Waals surface area contributed by atoms with E-state index in [4.69, 9.17) is 0 Å². The highest BCUT2D eigenvalue weighted by atomic mass is 19.4. The Morgan fingerprint density at radius 2 is 1.22 bits per heavy atom. The summed E-state index contributed by atoms with van der Waals surface area (Å²) in [5, 5.41) is 0. The van der Waals surface area contributed by atoms with Gasteiger partial charge in [0.15, 0.2) is 0 Å². The molecule has 1 aromatic carbocycles. The number of carbonyl (C=O) groups is 1. The average Bonchev–Trinajstić information content (AvgIpc) is 2.76. The van der Waals surface area contributed by atoms with Crippen LogP contribution in [0.3, 0.4) is 0 Å². The molecule has 1 rings (SSSR count). The third kappa shape index (κ3) is 5.30. The number of hydrogen-bond acceptors (Lipinski definition) is 3. The number of benzene rings is 1. The summed E-state index contributed by atoms with van der Waals surface area (Å²) < 4.78 is 209. The second kappa shape index (κ2) is 10.1. The number of hydrogen-bond donors (Lipinski definition) is 0. The molecule has 214 valence electrons. The van der Waals surface area contributed by atoms with Gasteiger partial charge in [-0.1, -0.05) is 12.1 Å². The molecule has 1 atom stereocenters. The van der Waals surface area contributed by atoms with Crippen molar-refractivity contribution in [2.45, 2.75) is 61.2 Å². The van der Waals surface area contributed by atoms with E-state index in [9.17, 15) is 70.7 Å². The van der Waals surface area contributed by atoms with Crippen LogP contribution in [0, 0.1) is 0 Å². The molecule has 0 radical (unpaired) electrons.